The van der Waals surface area contributed by atoms with Crippen LogP contribution in [0.25, 0.3) is 0 Å². The van der Waals surface area contributed by atoms with Crippen molar-refractivity contribution < 1.29 is 9.59 Å². The second-order valence-corrected chi connectivity index (χ2v) is 4.31. The van der Waals surface area contributed by atoms with Crippen molar-refractivity contribution in [2.24, 2.45) is 0 Å². The first kappa shape index (κ1) is 12.4. The van der Waals surface area contributed by atoms with Crippen molar-refractivity contribution in [3.63, 3.8) is 0 Å². The van der Waals surface area contributed by atoms with Gasteiger partial charge in [-0.3, -0.25) is 9.69 Å². The number of amides is 3. The fourth-order valence-corrected chi connectivity index (χ4v) is 1.99. The molecule has 0 unspecified atom stereocenters. The van der Waals surface area contributed by atoms with Crippen LogP contribution in [0.3, 0.4) is 0 Å². The van der Waals surface area contributed by atoms with Crippen molar-refractivity contribution in [1.82, 2.24) is 9.80 Å². The number of nitrogens with zero attached hydrogens (tertiary/aromatic N) is 3. The summed E-state index contributed by atoms with van der Waals surface area (Å²) in [4.78, 5) is 27.9. The molecule has 1 aliphatic heterocycles. The van der Waals surface area contributed by atoms with Gasteiger partial charge >= 0.3 is 6.03 Å². The topological polar surface area (TPSA) is 43.9 Å². The Bertz CT molecular complexity index is 414. The first-order valence-electron chi connectivity index (χ1n) is 5.99. The lowest BCUT2D eigenvalue weighted by Crippen LogP contribution is -2.51. The number of carbonyl (C=O) groups is 2. The SMILES string of the molecule is CN(C(=O)N1CCN(C=O)CC1)c1ccccc1. The normalized spacial score (nSPS) is 15.4. The summed E-state index contributed by atoms with van der Waals surface area (Å²) in [5, 5.41) is 0. The van der Waals surface area contributed by atoms with Crippen molar-refractivity contribution in [2.45, 2.75) is 0 Å². The van der Waals surface area contributed by atoms with Crippen LogP contribution in [-0.2, 0) is 4.79 Å². The van der Waals surface area contributed by atoms with Crippen molar-refractivity contribution in [3.05, 3.63) is 30.3 Å². The molecule has 5 nitrogen and oxygen atoms in total. The highest BCUT2D eigenvalue weighted by Crippen LogP contribution is 2.14. The number of benzene rings is 1. The van der Waals surface area contributed by atoms with E-state index in [1.807, 2.05) is 30.3 Å². The Balaban J connectivity index is 1.98. The Morgan fingerprint density at radius 3 is 2.33 bits per heavy atom. The van der Waals surface area contributed by atoms with E-state index in [1.165, 1.54) is 0 Å². The van der Waals surface area contributed by atoms with Gasteiger partial charge in [-0.1, -0.05) is 18.2 Å². The van der Waals surface area contributed by atoms with Gasteiger partial charge in [0.2, 0.25) is 6.41 Å². The van der Waals surface area contributed by atoms with E-state index in [4.69, 9.17) is 0 Å². The van der Waals surface area contributed by atoms with Gasteiger partial charge in [-0.05, 0) is 12.1 Å². The minimum atomic E-state index is -0.0215. The van der Waals surface area contributed by atoms with Gasteiger partial charge in [-0.15, -0.1) is 0 Å². The maximum atomic E-state index is 12.2. The number of urea groups is 1. The lowest BCUT2D eigenvalue weighted by atomic mass is 10.3. The molecule has 0 N–H and O–H groups in total. The Morgan fingerprint density at radius 1 is 1.17 bits per heavy atom. The summed E-state index contributed by atoms with van der Waals surface area (Å²) in [7, 11) is 1.77. The Kier molecular flexibility index (Phi) is 3.82. The van der Waals surface area contributed by atoms with E-state index >= 15 is 0 Å². The molecule has 1 aliphatic rings. The van der Waals surface area contributed by atoms with Gasteiger partial charge in [0, 0.05) is 38.9 Å². The van der Waals surface area contributed by atoms with Crippen molar-refractivity contribution >= 4 is 18.1 Å². The van der Waals surface area contributed by atoms with Gasteiger partial charge in [0.15, 0.2) is 0 Å². The van der Waals surface area contributed by atoms with Gasteiger partial charge in [0.1, 0.15) is 0 Å². The first-order valence-corrected chi connectivity index (χ1v) is 5.99. The van der Waals surface area contributed by atoms with Gasteiger partial charge < -0.3 is 9.80 Å². The molecular weight excluding hydrogens is 230 g/mol. The molecule has 0 bridgehead atoms. The lowest BCUT2D eigenvalue weighted by Gasteiger charge is -2.35. The van der Waals surface area contributed by atoms with E-state index in [2.05, 4.69) is 0 Å². The van der Waals surface area contributed by atoms with E-state index in [0.29, 0.717) is 26.2 Å². The van der Waals surface area contributed by atoms with Gasteiger partial charge in [0.25, 0.3) is 0 Å². The molecule has 3 amide bonds. The minimum absolute atomic E-state index is 0.0215. The number of carbonyl (C=O) groups excluding carboxylic acids is 2. The summed E-state index contributed by atoms with van der Waals surface area (Å²) in [6, 6.07) is 9.52. The number of hydrogen-bond donors (Lipinski definition) is 0. The van der Waals surface area contributed by atoms with Crippen LogP contribution in [0.15, 0.2) is 30.3 Å². The Labute approximate surface area is 107 Å². The zero-order valence-electron chi connectivity index (χ0n) is 10.5. The van der Waals surface area contributed by atoms with Crippen LogP contribution >= 0.6 is 0 Å². The first-order chi connectivity index (χ1) is 8.72. The number of rotatable bonds is 2. The van der Waals surface area contributed by atoms with E-state index in [0.717, 1.165) is 12.1 Å². The summed E-state index contributed by atoms with van der Waals surface area (Å²) in [6.07, 6.45) is 0.836. The molecule has 0 saturated carbocycles. The van der Waals surface area contributed by atoms with Crippen LogP contribution in [0, 0.1) is 0 Å². The third kappa shape index (κ3) is 2.61. The van der Waals surface area contributed by atoms with E-state index in [1.54, 1.807) is 21.7 Å². The predicted octanol–water partition coefficient (Wildman–Crippen LogP) is 1.02. The fourth-order valence-electron chi connectivity index (χ4n) is 1.99. The number of anilines is 1. The van der Waals surface area contributed by atoms with Crippen molar-refractivity contribution in [2.75, 3.05) is 38.1 Å². The molecule has 1 aromatic rings. The van der Waals surface area contributed by atoms with E-state index in [9.17, 15) is 9.59 Å². The molecular formula is C13H17N3O2. The standard InChI is InChI=1S/C13H17N3O2/c1-14(12-5-3-2-4-6-12)13(18)16-9-7-15(11-17)8-10-16/h2-6,11H,7-10H2,1H3. The van der Waals surface area contributed by atoms with Crippen LogP contribution in [0.2, 0.25) is 0 Å². The molecule has 18 heavy (non-hydrogen) atoms. The zero-order valence-corrected chi connectivity index (χ0v) is 10.5. The number of piperazine rings is 1. The molecule has 5 heteroatoms. The summed E-state index contributed by atoms with van der Waals surface area (Å²) in [6.45, 7) is 2.40. The predicted molar refractivity (Wildman–Crippen MR) is 69.5 cm³/mol. The molecule has 0 aromatic heterocycles. The molecule has 0 radical (unpaired) electrons. The summed E-state index contributed by atoms with van der Waals surface area (Å²) in [5.74, 6) is 0. The van der Waals surface area contributed by atoms with Gasteiger partial charge in [-0.25, -0.2) is 4.79 Å². The fraction of sp³-hybridized carbons (Fsp3) is 0.385. The highest BCUT2D eigenvalue weighted by Gasteiger charge is 2.23. The third-order valence-electron chi connectivity index (χ3n) is 3.16. The Morgan fingerprint density at radius 2 is 1.78 bits per heavy atom. The van der Waals surface area contributed by atoms with E-state index < -0.39 is 0 Å². The highest BCUT2D eigenvalue weighted by molar-refractivity contribution is 5.91. The lowest BCUT2D eigenvalue weighted by molar-refractivity contribution is -0.119. The molecule has 1 heterocycles. The number of hydrogen-bond acceptors (Lipinski definition) is 2. The van der Waals surface area contributed by atoms with Crippen molar-refractivity contribution in [1.29, 1.82) is 0 Å². The molecule has 0 aliphatic carbocycles. The molecule has 1 aromatic carbocycles. The van der Waals surface area contributed by atoms with Gasteiger partial charge in [0.05, 0.1) is 0 Å². The minimum Gasteiger partial charge on any atom is -0.342 e. The van der Waals surface area contributed by atoms with Crippen LogP contribution in [0.5, 0.6) is 0 Å². The second kappa shape index (κ2) is 5.53. The molecule has 2 rings (SSSR count). The summed E-state index contributed by atoms with van der Waals surface area (Å²) < 4.78 is 0. The average Bonchev–Trinajstić information content (AvgIpc) is 2.47. The Hall–Kier alpha value is -2.04. The molecule has 96 valence electrons. The molecule has 0 spiro atoms. The summed E-state index contributed by atoms with van der Waals surface area (Å²) in [5.41, 5.74) is 0.875. The van der Waals surface area contributed by atoms with Crippen molar-refractivity contribution in [3.8, 4) is 0 Å². The largest absolute Gasteiger partial charge is 0.342 e. The average molecular weight is 247 g/mol. The quantitative estimate of drug-likeness (QED) is 0.732. The molecule has 1 saturated heterocycles. The summed E-state index contributed by atoms with van der Waals surface area (Å²) >= 11 is 0. The van der Waals surface area contributed by atoms with Crippen LogP contribution in [0.4, 0.5) is 10.5 Å². The smallest absolute Gasteiger partial charge is 0.324 e. The van der Waals surface area contributed by atoms with Crippen LogP contribution in [0.1, 0.15) is 0 Å². The van der Waals surface area contributed by atoms with Crippen LogP contribution < -0.4 is 4.90 Å². The van der Waals surface area contributed by atoms with Crippen LogP contribution in [-0.4, -0.2) is 55.5 Å². The highest BCUT2D eigenvalue weighted by atomic mass is 16.2. The third-order valence-corrected chi connectivity index (χ3v) is 3.16. The monoisotopic (exact) mass is 247 g/mol. The zero-order chi connectivity index (χ0) is 13.0. The maximum Gasteiger partial charge on any atom is 0.324 e. The molecule has 0 atom stereocenters. The second-order valence-electron chi connectivity index (χ2n) is 4.31. The molecule has 1 fully saturated rings. The maximum absolute atomic E-state index is 12.2. The van der Waals surface area contributed by atoms with Gasteiger partial charge in [-0.2, -0.15) is 0 Å². The number of para-hydroxylation sites is 1. The van der Waals surface area contributed by atoms with E-state index in [-0.39, 0.29) is 6.03 Å².